The van der Waals surface area contributed by atoms with Gasteiger partial charge >= 0.3 is 0 Å². The molecule has 5 unspecified atom stereocenters. The number of hydrogen-bond acceptors (Lipinski definition) is 3. The van der Waals surface area contributed by atoms with Gasteiger partial charge in [0, 0.05) is 12.6 Å². The third kappa shape index (κ3) is 3.21. The van der Waals surface area contributed by atoms with E-state index in [4.69, 9.17) is 9.47 Å². The Morgan fingerprint density at radius 2 is 2.06 bits per heavy atom. The van der Waals surface area contributed by atoms with Crippen LogP contribution in [0.15, 0.2) is 0 Å². The predicted molar refractivity (Wildman–Crippen MR) is 69.2 cm³/mol. The quantitative estimate of drug-likeness (QED) is 0.801. The summed E-state index contributed by atoms with van der Waals surface area (Å²) in [4.78, 5) is 0. The summed E-state index contributed by atoms with van der Waals surface area (Å²) in [7, 11) is 2.01. The first-order valence-electron chi connectivity index (χ1n) is 7.19. The lowest BCUT2D eigenvalue weighted by atomic mass is 9.83. The highest BCUT2D eigenvalue weighted by molar-refractivity contribution is 4.97. The van der Waals surface area contributed by atoms with Gasteiger partial charge in [-0.05, 0) is 39.2 Å². The molecule has 0 aliphatic heterocycles. The van der Waals surface area contributed by atoms with Crippen LogP contribution in [0.5, 0.6) is 0 Å². The highest BCUT2D eigenvalue weighted by Gasteiger charge is 2.43. The highest BCUT2D eigenvalue weighted by atomic mass is 16.6. The molecule has 5 atom stereocenters. The molecule has 0 aromatic heterocycles. The Kier molecular flexibility index (Phi) is 4.83. The molecule has 0 spiro atoms. The average Bonchev–Trinajstić information content (AvgIpc) is 2.31. The van der Waals surface area contributed by atoms with Crippen LogP contribution in [-0.2, 0) is 9.47 Å². The van der Waals surface area contributed by atoms with Crippen molar-refractivity contribution in [2.24, 2.45) is 5.92 Å². The first kappa shape index (κ1) is 13.3. The van der Waals surface area contributed by atoms with Gasteiger partial charge in [-0.3, -0.25) is 0 Å². The lowest BCUT2D eigenvalue weighted by molar-refractivity contribution is -0.172. The fourth-order valence-electron chi connectivity index (χ4n) is 3.16. The van der Waals surface area contributed by atoms with Crippen LogP contribution in [0.2, 0.25) is 0 Å². The first-order chi connectivity index (χ1) is 8.24. The monoisotopic (exact) mass is 241 g/mol. The zero-order valence-electron chi connectivity index (χ0n) is 11.4. The minimum Gasteiger partial charge on any atom is -0.374 e. The van der Waals surface area contributed by atoms with Crippen LogP contribution in [-0.4, -0.2) is 38.0 Å². The zero-order valence-corrected chi connectivity index (χ0v) is 11.4. The standard InChI is InChI=1S/C14H27NO2/c1-4-16-14-12(15-3)9-13(14)17-11-7-5-6-10(2)8-11/h10-15H,4-9H2,1-3H3. The topological polar surface area (TPSA) is 30.5 Å². The van der Waals surface area contributed by atoms with E-state index in [-0.39, 0.29) is 6.10 Å². The summed E-state index contributed by atoms with van der Waals surface area (Å²) < 4.78 is 12.0. The van der Waals surface area contributed by atoms with E-state index >= 15 is 0 Å². The van der Waals surface area contributed by atoms with Gasteiger partial charge in [-0.1, -0.05) is 19.8 Å². The van der Waals surface area contributed by atoms with E-state index in [0.29, 0.717) is 18.2 Å². The van der Waals surface area contributed by atoms with Crippen molar-refractivity contribution in [1.82, 2.24) is 5.32 Å². The van der Waals surface area contributed by atoms with Crippen LogP contribution >= 0.6 is 0 Å². The molecule has 0 amide bonds. The molecule has 2 aliphatic carbocycles. The van der Waals surface area contributed by atoms with Crippen LogP contribution in [0.25, 0.3) is 0 Å². The first-order valence-corrected chi connectivity index (χ1v) is 7.19. The largest absolute Gasteiger partial charge is 0.374 e. The average molecular weight is 241 g/mol. The van der Waals surface area contributed by atoms with E-state index in [1.165, 1.54) is 25.7 Å². The molecule has 2 aliphatic rings. The third-order valence-electron chi connectivity index (χ3n) is 4.23. The van der Waals surface area contributed by atoms with E-state index in [2.05, 4.69) is 19.2 Å². The zero-order chi connectivity index (χ0) is 12.3. The second-order valence-electron chi connectivity index (χ2n) is 5.62. The molecular formula is C14H27NO2. The Morgan fingerprint density at radius 3 is 2.71 bits per heavy atom. The summed E-state index contributed by atoms with van der Waals surface area (Å²) in [6.45, 7) is 5.18. The molecule has 0 bridgehead atoms. The second kappa shape index (κ2) is 6.17. The molecular weight excluding hydrogens is 214 g/mol. The molecule has 0 aromatic carbocycles. The summed E-state index contributed by atoms with van der Waals surface area (Å²) in [6, 6.07) is 0.487. The van der Waals surface area contributed by atoms with E-state index in [0.717, 1.165) is 18.9 Å². The number of rotatable bonds is 5. The molecule has 2 fully saturated rings. The van der Waals surface area contributed by atoms with Crippen molar-refractivity contribution in [3.05, 3.63) is 0 Å². The molecule has 0 radical (unpaired) electrons. The fourth-order valence-corrected chi connectivity index (χ4v) is 3.16. The maximum atomic E-state index is 6.23. The van der Waals surface area contributed by atoms with Crippen LogP contribution in [0.1, 0.15) is 46.0 Å². The van der Waals surface area contributed by atoms with Crippen molar-refractivity contribution in [2.75, 3.05) is 13.7 Å². The summed E-state index contributed by atoms with van der Waals surface area (Å²) in [6.07, 6.45) is 7.34. The number of ether oxygens (including phenoxy) is 2. The minimum absolute atomic E-state index is 0.266. The van der Waals surface area contributed by atoms with Crippen LogP contribution in [0.4, 0.5) is 0 Å². The minimum atomic E-state index is 0.266. The van der Waals surface area contributed by atoms with Gasteiger partial charge in [0.25, 0.3) is 0 Å². The summed E-state index contributed by atoms with van der Waals surface area (Å²) in [5.41, 5.74) is 0. The van der Waals surface area contributed by atoms with Crippen LogP contribution in [0, 0.1) is 5.92 Å². The van der Waals surface area contributed by atoms with Crippen molar-refractivity contribution in [3.63, 3.8) is 0 Å². The fraction of sp³-hybridized carbons (Fsp3) is 1.00. The Bertz CT molecular complexity index is 234. The molecule has 1 N–H and O–H groups in total. The Balaban J connectivity index is 1.78. The van der Waals surface area contributed by atoms with E-state index < -0.39 is 0 Å². The van der Waals surface area contributed by atoms with Crippen molar-refractivity contribution >= 4 is 0 Å². The molecule has 17 heavy (non-hydrogen) atoms. The van der Waals surface area contributed by atoms with Gasteiger partial charge in [0.1, 0.15) is 0 Å². The molecule has 0 saturated heterocycles. The lowest BCUT2D eigenvalue weighted by Crippen LogP contribution is -2.60. The molecule has 0 heterocycles. The van der Waals surface area contributed by atoms with Crippen molar-refractivity contribution < 1.29 is 9.47 Å². The van der Waals surface area contributed by atoms with Gasteiger partial charge in [0.2, 0.25) is 0 Å². The molecule has 3 heteroatoms. The Hall–Kier alpha value is -0.120. The predicted octanol–water partition coefficient (Wildman–Crippen LogP) is 2.35. The van der Waals surface area contributed by atoms with E-state index in [1.807, 2.05) is 7.05 Å². The Labute approximate surface area is 105 Å². The molecule has 3 nitrogen and oxygen atoms in total. The van der Waals surface area contributed by atoms with E-state index in [1.54, 1.807) is 0 Å². The number of likely N-dealkylation sites (N-methyl/N-ethyl adjacent to an activating group) is 1. The SMILES string of the molecule is CCOC1C(NC)CC1OC1CCCC(C)C1. The number of hydrogen-bond donors (Lipinski definition) is 1. The van der Waals surface area contributed by atoms with Crippen molar-refractivity contribution in [1.29, 1.82) is 0 Å². The van der Waals surface area contributed by atoms with Crippen molar-refractivity contribution in [2.45, 2.75) is 70.3 Å². The van der Waals surface area contributed by atoms with Gasteiger partial charge in [0.15, 0.2) is 0 Å². The third-order valence-corrected chi connectivity index (χ3v) is 4.23. The second-order valence-corrected chi connectivity index (χ2v) is 5.62. The lowest BCUT2D eigenvalue weighted by Gasteiger charge is -2.45. The summed E-state index contributed by atoms with van der Waals surface area (Å²) >= 11 is 0. The molecule has 0 aromatic rings. The van der Waals surface area contributed by atoms with Gasteiger partial charge < -0.3 is 14.8 Å². The maximum absolute atomic E-state index is 6.23. The normalized spacial score (nSPS) is 42.2. The molecule has 2 saturated carbocycles. The maximum Gasteiger partial charge on any atom is 0.0990 e. The molecule has 2 rings (SSSR count). The van der Waals surface area contributed by atoms with Crippen molar-refractivity contribution in [3.8, 4) is 0 Å². The summed E-state index contributed by atoms with van der Waals surface area (Å²) in [5.74, 6) is 0.833. The smallest absolute Gasteiger partial charge is 0.0990 e. The van der Waals surface area contributed by atoms with Gasteiger partial charge in [-0.2, -0.15) is 0 Å². The van der Waals surface area contributed by atoms with E-state index in [9.17, 15) is 0 Å². The van der Waals surface area contributed by atoms with Gasteiger partial charge in [0.05, 0.1) is 18.3 Å². The Morgan fingerprint density at radius 1 is 1.24 bits per heavy atom. The van der Waals surface area contributed by atoms with Gasteiger partial charge in [-0.25, -0.2) is 0 Å². The van der Waals surface area contributed by atoms with Crippen LogP contribution < -0.4 is 5.32 Å². The number of nitrogens with one attached hydrogen (secondary N) is 1. The van der Waals surface area contributed by atoms with Gasteiger partial charge in [-0.15, -0.1) is 0 Å². The summed E-state index contributed by atoms with van der Waals surface area (Å²) in [5, 5.41) is 3.31. The highest BCUT2D eigenvalue weighted by Crippen LogP contribution is 2.33. The van der Waals surface area contributed by atoms with Crippen LogP contribution in [0.3, 0.4) is 0 Å². The molecule has 100 valence electrons.